The molecule has 1 heterocycles. The van der Waals surface area contributed by atoms with Gasteiger partial charge in [-0.3, -0.25) is 14.9 Å². The van der Waals surface area contributed by atoms with Crippen molar-refractivity contribution in [3.63, 3.8) is 0 Å². The zero-order chi connectivity index (χ0) is 15.9. The van der Waals surface area contributed by atoms with Crippen molar-refractivity contribution in [1.29, 1.82) is 0 Å². The molecule has 1 N–H and O–H groups in total. The SMILES string of the molecule is CC(C(=O)O)c1cccc2c1OCc1cc([N+](=O)[O-])ccc1-2. The highest BCUT2D eigenvalue weighted by Crippen LogP contribution is 2.42. The van der Waals surface area contributed by atoms with E-state index in [-0.39, 0.29) is 12.3 Å². The van der Waals surface area contributed by atoms with E-state index in [9.17, 15) is 20.0 Å². The summed E-state index contributed by atoms with van der Waals surface area (Å²) in [5, 5.41) is 20.0. The van der Waals surface area contributed by atoms with E-state index < -0.39 is 16.8 Å². The number of nitro groups is 1. The van der Waals surface area contributed by atoms with Gasteiger partial charge in [-0.15, -0.1) is 0 Å². The van der Waals surface area contributed by atoms with Crippen LogP contribution in [0.15, 0.2) is 36.4 Å². The van der Waals surface area contributed by atoms with Crippen LogP contribution in [0.1, 0.15) is 24.0 Å². The summed E-state index contributed by atoms with van der Waals surface area (Å²) < 4.78 is 5.70. The molecule has 112 valence electrons. The van der Waals surface area contributed by atoms with E-state index in [4.69, 9.17) is 4.74 Å². The highest BCUT2D eigenvalue weighted by Gasteiger charge is 2.26. The summed E-state index contributed by atoms with van der Waals surface area (Å²) in [6.07, 6.45) is 0. The molecule has 0 aromatic heterocycles. The van der Waals surface area contributed by atoms with Gasteiger partial charge in [0.1, 0.15) is 12.4 Å². The first-order valence-corrected chi connectivity index (χ1v) is 6.75. The van der Waals surface area contributed by atoms with Crippen LogP contribution in [-0.4, -0.2) is 16.0 Å². The van der Waals surface area contributed by atoms with Gasteiger partial charge in [-0.25, -0.2) is 0 Å². The summed E-state index contributed by atoms with van der Waals surface area (Å²) in [5.41, 5.74) is 2.95. The molecule has 1 unspecified atom stereocenters. The Labute approximate surface area is 126 Å². The molecule has 2 aromatic carbocycles. The number of para-hydroxylation sites is 1. The predicted molar refractivity (Wildman–Crippen MR) is 78.9 cm³/mol. The first-order chi connectivity index (χ1) is 10.5. The summed E-state index contributed by atoms with van der Waals surface area (Å²) in [5.74, 6) is -1.07. The molecule has 1 atom stereocenters. The number of nitro benzene ring substituents is 1. The van der Waals surface area contributed by atoms with Crippen LogP contribution in [0.25, 0.3) is 11.1 Å². The molecule has 0 spiro atoms. The van der Waals surface area contributed by atoms with Gasteiger partial charge in [-0.1, -0.05) is 18.2 Å². The maximum Gasteiger partial charge on any atom is 0.310 e. The Balaban J connectivity index is 2.14. The Morgan fingerprint density at radius 3 is 2.77 bits per heavy atom. The lowest BCUT2D eigenvalue weighted by atomic mass is 9.91. The molecule has 0 saturated carbocycles. The van der Waals surface area contributed by atoms with Crippen LogP contribution in [0.2, 0.25) is 0 Å². The second kappa shape index (κ2) is 5.14. The lowest BCUT2D eigenvalue weighted by Crippen LogP contribution is -2.13. The van der Waals surface area contributed by atoms with Gasteiger partial charge in [0.2, 0.25) is 0 Å². The predicted octanol–water partition coefficient (Wildman–Crippen LogP) is 3.34. The van der Waals surface area contributed by atoms with E-state index in [1.807, 2.05) is 6.07 Å². The number of nitrogens with zero attached hydrogens (tertiary/aromatic N) is 1. The van der Waals surface area contributed by atoms with Crippen LogP contribution >= 0.6 is 0 Å². The summed E-state index contributed by atoms with van der Waals surface area (Å²) in [6.45, 7) is 1.79. The third-order valence-corrected chi connectivity index (χ3v) is 3.84. The minimum absolute atomic E-state index is 0.0147. The van der Waals surface area contributed by atoms with E-state index in [1.54, 1.807) is 25.1 Å². The van der Waals surface area contributed by atoms with Crippen molar-refractivity contribution in [1.82, 2.24) is 0 Å². The number of aliphatic carboxylic acids is 1. The number of ether oxygens (including phenoxy) is 1. The van der Waals surface area contributed by atoms with Crippen molar-refractivity contribution in [2.75, 3.05) is 0 Å². The third kappa shape index (κ3) is 2.18. The van der Waals surface area contributed by atoms with E-state index in [0.717, 1.165) is 16.7 Å². The van der Waals surface area contributed by atoms with Gasteiger partial charge >= 0.3 is 5.97 Å². The number of rotatable bonds is 3. The van der Waals surface area contributed by atoms with Crippen molar-refractivity contribution in [3.05, 3.63) is 57.6 Å². The van der Waals surface area contributed by atoms with Gasteiger partial charge in [0, 0.05) is 28.8 Å². The van der Waals surface area contributed by atoms with Crippen LogP contribution in [0.5, 0.6) is 5.75 Å². The summed E-state index contributed by atoms with van der Waals surface area (Å²) >= 11 is 0. The molecular weight excluding hydrogens is 286 g/mol. The number of fused-ring (bicyclic) bond motifs is 3. The van der Waals surface area contributed by atoms with E-state index in [1.165, 1.54) is 12.1 Å². The number of non-ortho nitro benzene ring substituents is 1. The highest BCUT2D eigenvalue weighted by atomic mass is 16.6. The Bertz CT molecular complexity index is 784. The minimum Gasteiger partial charge on any atom is -0.488 e. The van der Waals surface area contributed by atoms with Crippen molar-refractivity contribution >= 4 is 11.7 Å². The summed E-state index contributed by atoms with van der Waals surface area (Å²) in [7, 11) is 0. The largest absolute Gasteiger partial charge is 0.488 e. The van der Waals surface area contributed by atoms with Crippen molar-refractivity contribution in [3.8, 4) is 16.9 Å². The maximum absolute atomic E-state index is 11.2. The van der Waals surface area contributed by atoms with Gasteiger partial charge in [0.25, 0.3) is 5.69 Å². The van der Waals surface area contributed by atoms with E-state index in [0.29, 0.717) is 11.3 Å². The molecule has 1 aliphatic rings. The molecule has 6 heteroatoms. The van der Waals surface area contributed by atoms with Gasteiger partial charge in [0.05, 0.1) is 10.8 Å². The van der Waals surface area contributed by atoms with Gasteiger partial charge < -0.3 is 9.84 Å². The first kappa shape index (κ1) is 14.1. The molecule has 0 aliphatic carbocycles. The highest BCUT2D eigenvalue weighted by molar-refractivity contribution is 5.82. The van der Waals surface area contributed by atoms with Crippen LogP contribution in [0, 0.1) is 10.1 Å². The Morgan fingerprint density at radius 2 is 2.09 bits per heavy atom. The second-order valence-electron chi connectivity index (χ2n) is 5.17. The van der Waals surface area contributed by atoms with Gasteiger partial charge in [-0.2, -0.15) is 0 Å². The van der Waals surface area contributed by atoms with Crippen molar-refractivity contribution in [2.24, 2.45) is 0 Å². The zero-order valence-electron chi connectivity index (χ0n) is 11.8. The fourth-order valence-corrected chi connectivity index (χ4v) is 2.63. The number of hydrogen-bond acceptors (Lipinski definition) is 4. The average Bonchev–Trinajstić information content (AvgIpc) is 2.52. The molecule has 1 aliphatic heterocycles. The number of carbonyl (C=O) groups is 1. The topological polar surface area (TPSA) is 89.7 Å². The Hall–Kier alpha value is -2.89. The van der Waals surface area contributed by atoms with Crippen molar-refractivity contribution in [2.45, 2.75) is 19.4 Å². The first-order valence-electron chi connectivity index (χ1n) is 6.75. The fraction of sp³-hybridized carbons (Fsp3) is 0.188. The quantitative estimate of drug-likeness (QED) is 0.693. The van der Waals surface area contributed by atoms with Gasteiger partial charge in [0.15, 0.2) is 0 Å². The third-order valence-electron chi connectivity index (χ3n) is 3.84. The van der Waals surface area contributed by atoms with Crippen LogP contribution in [-0.2, 0) is 11.4 Å². The normalized spacial score (nSPS) is 13.5. The van der Waals surface area contributed by atoms with Crippen LogP contribution < -0.4 is 4.74 Å². The molecule has 6 nitrogen and oxygen atoms in total. The molecule has 0 bridgehead atoms. The van der Waals surface area contributed by atoms with Crippen molar-refractivity contribution < 1.29 is 19.6 Å². The molecule has 22 heavy (non-hydrogen) atoms. The second-order valence-corrected chi connectivity index (χ2v) is 5.17. The molecule has 0 fully saturated rings. The zero-order valence-corrected chi connectivity index (χ0v) is 11.8. The Morgan fingerprint density at radius 1 is 1.32 bits per heavy atom. The van der Waals surface area contributed by atoms with Crippen LogP contribution in [0.3, 0.4) is 0 Å². The maximum atomic E-state index is 11.2. The lowest BCUT2D eigenvalue weighted by molar-refractivity contribution is -0.384. The molecular formula is C16H13NO5. The standard InChI is InChI=1S/C16H13NO5/c1-9(16(18)19)12-3-2-4-14-13-6-5-11(17(20)21)7-10(13)8-22-15(12)14/h2-7,9H,8H2,1H3,(H,18,19). The molecule has 2 aromatic rings. The van der Waals surface area contributed by atoms with Gasteiger partial charge in [-0.05, 0) is 18.6 Å². The minimum atomic E-state index is -0.925. The number of hydrogen-bond donors (Lipinski definition) is 1. The molecule has 0 amide bonds. The smallest absolute Gasteiger partial charge is 0.310 e. The summed E-state index contributed by atoms with van der Waals surface area (Å²) in [4.78, 5) is 21.6. The number of benzene rings is 2. The van der Waals surface area contributed by atoms with E-state index in [2.05, 4.69) is 0 Å². The molecule has 3 rings (SSSR count). The molecule has 0 radical (unpaired) electrons. The number of carboxylic acids is 1. The van der Waals surface area contributed by atoms with E-state index >= 15 is 0 Å². The monoisotopic (exact) mass is 299 g/mol. The summed E-state index contributed by atoms with van der Waals surface area (Å²) in [6, 6.07) is 9.95. The molecule has 0 saturated heterocycles. The lowest BCUT2D eigenvalue weighted by Gasteiger charge is -2.24. The van der Waals surface area contributed by atoms with Crippen LogP contribution in [0.4, 0.5) is 5.69 Å². The fourth-order valence-electron chi connectivity index (χ4n) is 2.63. The average molecular weight is 299 g/mol. The Kier molecular flexibility index (Phi) is 3.29. The number of carboxylic acid groups (broad SMARTS) is 1.